The lowest BCUT2D eigenvalue weighted by molar-refractivity contribution is 0.144. The summed E-state index contributed by atoms with van der Waals surface area (Å²) in [5.74, 6) is 0. The maximum atomic E-state index is 2.42. The SMILES string of the molecule is CC(C(C)N(C)CCN(C)C)N(C)C. The van der Waals surface area contributed by atoms with E-state index < -0.39 is 0 Å². The molecule has 0 saturated carbocycles. The molecule has 0 aliphatic carbocycles. The molecule has 0 rings (SSSR count). The highest BCUT2D eigenvalue weighted by atomic mass is 15.2. The van der Waals surface area contributed by atoms with Crippen molar-refractivity contribution in [3.63, 3.8) is 0 Å². The van der Waals surface area contributed by atoms with Crippen LogP contribution in [0.25, 0.3) is 0 Å². The predicted molar refractivity (Wildman–Crippen MR) is 63.8 cm³/mol. The van der Waals surface area contributed by atoms with Crippen molar-refractivity contribution in [2.75, 3.05) is 48.3 Å². The molecule has 2 atom stereocenters. The maximum absolute atomic E-state index is 2.42. The summed E-state index contributed by atoms with van der Waals surface area (Å²) in [6.07, 6.45) is 0. The van der Waals surface area contributed by atoms with Crippen molar-refractivity contribution in [1.29, 1.82) is 0 Å². The summed E-state index contributed by atoms with van der Waals surface area (Å²) >= 11 is 0. The van der Waals surface area contributed by atoms with Gasteiger partial charge in [0.2, 0.25) is 0 Å². The highest BCUT2D eigenvalue weighted by Gasteiger charge is 2.17. The minimum absolute atomic E-state index is 0.599. The van der Waals surface area contributed by atoms with Crippen LogP contribution in [0.1, 0.15) is 13.8 Å². The summed E-state index contributed by atoms with van der Waals surface area (Å²) in [4.78, 5) is 6.92. The van der Waals surface area contributed by atoms with Crippen LogP contribution in [0, 0.1) is 0 Å². The Morgan fingerprint density at radius 1 is 0.786 bits per heavy atom. The molecule has 0 aromatic rings. The van der Waals surface area contributed by atoms with Crippen molar-refractivity contribution in [2.45, 2.75) is 25.9 Å². The monoisotopic (exact) mass is 201 g/mol. The molecule has 3 heteroatoms. The van der Waals surface area contributed by atoms with Crippen LogP contribution in [0.15, 0.2) is 0 Å². The molecule has 0 aromatic carbocycles. The maximum Gasteiger partial charge on any atom is 0.0217 e. The minimum atomic E-state index is 0.599. The van der Waals surface area contributed by atoms with E-state index in [9.17, 15) is 0 Å². The lowest BCUT2D eigenvalue weighted by Gasteiger charge is -2.34. The van der Waals surface area contributed by atoms with Gasteiger partial charge in [0.15, 0.2) is 0 Å². The molecular weight excluding hydrogens is 174 g/mol. The van der Waals surface area contributed by atoms with Gasteiger partial charge in [0.25, 0.3) is 0 Å². The Kier molecular flexibility index (Phi) is 6.33. The van der Waals surface area contributed by atoms with Crippen LogP contribution in [0.5, 0.6) is 0 Å². The molecule has 0 fully saturated rings. The van der Waals surface area contributed by atoms with Gasteiger partial charge in [-0.05, 0) is 49.1 Å². The van der Waals surface area contributed by atoms with E-state index in [0.717, 1.165) is 13.1 Å². The van der Waals surface area contributed by atoms with Crippen molar-refractivity contribution < 1.29 is 0 Å². The van der Waals surface area contributed by atoms with Crippen LogP contribution in [-0.2, 0) is 0 Å². The first-order chi connectivity index (χ1) is 6.36. The number of likely N-dealkylation sites (N-methyl/N-ethyl adjacent to an activating group) is 3. The van der Waals surface area contributed by atoms with Gasteiger partial charge in [0.1, 0.15) is 0 Å². The summed E-state index contributed by atoms with van der Waals surface area (Å²) in [5.41, 5.74) is 0. The molecule has 0 aromatic heterocycles. The van der Waals surface area contributed by atoms with Crippen LogP contribution >= 0.6 is 0 Å². The predicted octanol–water partition coefficient (Wildman–Crippen LogP) is 0.818. The van der Waals surface area contributed by atoms with Gasteiger partial charge >= 0.3 is 0 Å². The normalized spacial score (nSPS) is 16.7. The number of hydrogen-bond acceptors (Lipinski definition) is 3. The highest BCUT2D eigenvalue weighted by molar-refractivity contribution is 4.75. The zero-order chi connectivity index (χ0) is 11.3. The molecule has 0 aliphatic rings. The Bertz CT molecular complexity index is 145. The second kappa shape index (κ2) is 6.38. The second-order valence-corrected chi connectivity index (χ2v) is 4.73. The summed E-state index contributed by atoms with van der Waals surface area (Å²) in [6, 6.07) is 1.20. The van der Waals surface area contributed by atoms with Crippen molar-refractivity contribution >= 4 is 0 Å². The van der Waals surface area contributed by atoms with Crippen molar-refractivity contribution in [3.8, 4) is 0 Å². The van der Waals surface area contributed by atoms with Gasteiger partial charge in [-0.1, -0.05) is 0 Å². The summed E-state index contributed by atoms with van der Waals surface area (Å²) in [5, 5.41) is 0. The number of hydrogen-bond donors (Lipinski definition) is 0. The summed E-state index contributed by atoms with van der Waals surface area (Å²) in [6.45, 7) is 6.82. The molecule has 0 bridgehead atoms. The van der Waals surface area contributed by atoms with Gasteiger partial charge in [0, 0.05) is 25.2 Å². The Morgan fingerprint density at radius 3 is 1.64 bits per heavy atom. The second-order valence-electron chi connectivity index (χ2n) is 4.73. The molecular formula is C11H27N3. The molecule has 0 saturated heterocycles. The van der Waals surface area contributed by atoms with E-state index in [1.807, 2.05) is 0 Å². The Labute approximate surface area is 89.7 Å². The van der Waals surface area contributed by atoms with Crippen molar-refractivity contribution in [2.24, 2.45) is 0 Å². The first-order valence-electron chi connectivity index (χ1n) is 5.37. The molecule has 0 spiro atoms. The lowest BCUT2D eigenvalue weighted by Crippen LogP contribution is -2.46. The summed E-state index contributed by atoms with van der Waals surface area (Å²) in [7, 11) is 10.7. The third-order valence-corrected chi connectivity index (χ3v) is 3.11. The standard InChI is InChI=1S/C11H27N3/c1-10(13(5)6)11(2)14(7)9-8-12(3)4/h10-11H,8-9H2,1-7H3. The first kappa shape index (κ1) is 13.9. The van der Waals surface area contributed by atoms with E-state index in [4.69, 9.17) is 0 Å². The number of nitrogens with zero attached hydrogens (tertiary/aromatic N) is 3. The van der Waals surface area contributed by atoms with Crippen LogP contribution in [0.2, 0.25) is 0 Å². The third-order valence-electron chi connectivity index (χ3n) is 3.11. The average molecular weight is 201 g/mol. The van der Waals surface area contributed by atoms with E-state index in [1.54, 1.807) is 0 Å². The van der Waals surface area contributed by atoms with Gasteiger partial charge in [-0.15, -0.1) is 0 Å². The molecule has 86 valence electrons. The zero-order valence-corrected chi connectivity index (χ0v) is 10.9. The fourth-order valence-electron chi connectivity index (χ4n) is 1.36. The largest absolute Gasteiger partial charge is 0.308 e. The fourth-order valence-corrected chi connectivity index (χ4v) is 1.36. The highest BCUT2D eigenvalue weighted by Crippen LogP contribution is 2.05. The van der Waals surface area contributed by atoms with E-state index in [-0.39, 0.29) is 0 Å². The summed E-state index contributed by atoms with van der Waals surface area (Å²) < 4.78 is 0. The van der Waals surface area contributed by atoms with Gasteiger partial charge in [0.05, 0.1) is 0 Å². The smallest absolute Gasteiger partial charge is 0.0217 e. The minimum Gasteiger partial charge on any atom is -0.308 e. The molecule has 2 unspecified atom stereocenters. The van der Waals surface area contributed by atoms with Crippen LogP contribution < -0.4 is 0 Å². The molecule has 0 N–H and O–H groups in total. The molecule has 3 nitrogen and oxygen atoms in total. The molecule has 0 radical (unpaired) electrons. The molecule has 14 heavy (non-hydrogen) atoms. The Morgan fingerprint density at radius 2 is 1.29 bits per heavy atom. The van der Waals surface area contributed by atoms with Crippen LogP contribution in [0.4, 0.5) is 0 Å². The van der Waals surface area contributed by atoms with E-state index >= 15 is 0 Å². The average Bonchev–Trinajstić information content (AvgIpc) is 2.11. The molecule has 0 amide bonds. The van der Waals surface area contributed by atoms with Gasteiger partial charge < -0.3 is 14.7 Å². The van der Waals surface area contributed by atoms with E-state index in [2.05, 4.69) is 63.8 Å². The van der Waals surface area contributed by atoms with E-state index in [0.29, 0.717) is 12.1 Å². The molecule has 0 heterocycles. The Balaban J connectivity index is 3.92. The number of rotatable bonds is 6. The van der Waals surface area contributed by atoms with Crippen molar-refractivity contribution in [3.05, 3.63) is 0 Å². The topological polar surface area (TPSA) is 9.72 Å². The van der Waals surface area contributed by atoms with Crippen molar-refractivity contribution in [1.82, 2.24) is 14.7 Å². The van der Waals surface area contributed by atoms with Gasteiger partial charge in [-0.2, -0.15) is 0 Å². The van der Waals surface area contributed by atoms with E-state index in [1.165, 1.54) is 0 Å². The van der Waals surface area contributed by atoms with Gasteiger partial charge in [-0.25, -0.2) is 0 Å². The zero-order valence-electron chi connectivity index (χ0n) is 10.9. The van der Waals surface area contributed by atoms with Crippen LogP contribution in [-0.4, -0.2) is 75.1 Å². The Hall–Kier alpha value is -0.120. The first-order valence-corrected chi connectivity index (χ1v) is 5.37. The fraction of sp³-hybridized carbons (Fsp3) is 1.00. The van der Waals surface area contributed by atoms with Crippen LogP contribution in [0.3, 0.4) is 0 Å². The third kappa shape index (κ3) is 4.94. The van der Waals surface area contributed by atoms with Gasteiger partial charge in [-0.3, -0.25) is 0 Å². The quantitative estimate of drug-likeness (QED) is 0.630. The lowest BCUT2D eigenvalue weighted by atomic mass is 10.1. The molecule has 0 aliphatic heterocycles.